The Hall–Kier alpha value is -1.30. The van der Waals surface area contributed by atoms with E-state index >= 15 is 0 Å². The van der Waals surface area contributed by atoms with Gasteiger partial charge in [0.15, 0.2) is 11.5 Å². The monoisotopic (exact) mass is 239 g/mol. The van der Waals surface area contributed by atoms with Crippen molar-refractivity contribution in [3.8, 4) is 11.5 Å². The van der Waals surface area contributed by atoms with E-state index in [1.165, 1.54) is 0 Å². The fraction of sp³-hybridized carbons (Fsp3) is 0.500. The minimum atomic E-state index is -0.0711. The Morgan fingerprint density at radius 3 is 3.12 bits per heavy atom. The van der Waals surface area contributed by atoms with Gasteiger partial charge in [-0.05, 0) is 6.07 Å². The normalized spacial score (nSPS) is 14.9. The second kappa shape index (κ2) is 5.86. The highest BCUT2D eigenvalue weighted by Crippen LogP contribution is 2.35. The number of hydrogen-bond donors (Lipinski definition) is 2. The van der Waals surface area contributed by atoms with Gasteiger partial charge in [-0.3, -0.25) is 0 Å². The van der Waals surface area contributed by atoms with Gasteiger partial charge in [0.25, 0.3) is 0 Å². The Morgan fingerprint density at radius 1 is 1.47 bits per heavy atom. The summed E-state index contributed by atoms with van der Waals surface area (Å²) in [5, 5.41) is 12.3. The van der Waals surface area contributed by atoms with E-state index in [1.54, 1.807) is 7.11 Å². The topological polar surface area (TPSA) is 60.0 Å². The molecule has 1 aliphatic rings. The van der Waals surface area contributed by atoms with E-state index in [9.17, 15) is 0 Å². The van der Waals surface area contributed by atoms with Gasteiger partial charge < -0.3 is 24.6 Å². The van der Waals surface area contributed by atoms with Crippen LogP contribution in [0.3, 0.4) is 0 Å². The second-order valence-corrected chi connectivity index (χ2v) is 3.87. The largest absolute Gasteiger partial charge is 0.454 e. The Morgan fingerprint density at radius 2 is 2.35 bits per heavy atom. The van der Waals surface area contributed by atoms with Gasteiger partial charge in [0, 0.05) is 19.2 Å². The van der Waals surface area contributed by atoms with E-state index in [1.807, 2.05) is 18.2 Å². The molecule has 0 aliphatic carbocycles. The zero-order valence-corrected chi connectivity index (χ0v) is 9.81. The maximum Gasteiger partial charge on any atom is 0.231 e. The second-order valence-electron chi connectivity index (χ2n) is 3.87. The molecule has 0 amide bonds. The van der Waals surface area contributed by atoms with Crippen molar-refractivity contribution in [2.45, 2.75) is 12.6 Å². The van der Waals surface area contributed by atoms with Gasteiger partial charge in [0.2, 0.25) is 6.79 Å². The van der Waals surface area contributed by atoms with Crippen molar-refractivity contribution in [3.63, 3.8) is 0 Å². The highest BCUT2D eigenvalue weighted by molar-refractivity contribution is 5.48. The smallest absolute Gasteiger partial charge is 0.231 e. The number of nitrogens with one attached hydrogen (secondary N) is 1. The SMILES string of the molecule is COCC(CO)NCc1cccc2c1OCO2. The summed E-state index contributed by atoms with van der Waals surface area (Å²) in [7, 11) is 1.61. The first-order valence-corrected chi connectivity index (χ1v) is 5.56. The Kier molecular flexibility index (Phi) is 4.19. The van der Waals surface area contributed by atoms with Crippen LogP contribution in [0.25, 0.3) is 0 Å². The molecule has 0 aromatic heterocycles. The molecule has 94 valence electrons. The van der Waals surface area contributed by atoms with Crippen LogP contribution in [0.5, 0.6) is 11.5 Å². The summed E-state index contributed by atoms with van der Waals surface area (Å²) in [6.45, 7) is 1.40. The molecule has 1 unspecified atom stereocenters. The zero-order chi connectivity index (χ0) is 12.1. The lowest BCUT2D eigenvalue weighted by Crippen LogP contribution is -2.35. The summed E-state index contributed by atoms with van der Waals surface area (Å²) in [5.74, 6) is 1.56. The van der Waals surface area contributed by atoms with Gasteiger partial charge in [-0.15, -0.1) is 0 Å². The van der Waals surface area contributed by atoms with Crippen LogP contribution in [0, 0.1) is 0 Å². The van der Waals surface area contributed by atoms with Gasteiger partial charge in [-0.2, -0.15) is 0 Å². The molecule has 0 bridgehead atoms. The lowest BCUT2D eigenvalue weighted by atomic mass is 10.1. The first kappa shape index (κ1) is 12.2. The summed E-state index contributed by atoms with van der Waals surface area (Å²) in [5.41, 5.74) is 1.02. The quantitative estimate of drug-likeness (QED) is 0.757. The molecule has 0 saturated carbocycles. The summed E-state index contributed by atoms with van der Waals surface area (Å²) in [6.07, 6.45) is 0. The van der Waals surface area contributed by atoms with Crippen molar-refractivity contribution in [1.29, 1.82) is 0 Å². The number of rotatable bonds is 6. The molecule has 5 nitrogen and oxygen atoms in total. The number of benzene rings is 1. The summed E-state index contributed by atoms with van der Waals surface area (Å²) in [6, 6.07) is 5.71. The summed E-state index contributed by atoms with van der Waals surface area (Å²) < 4.78 is 15.7. The van der Waals surface area contributed by atoms with E-state index in [0.29, 0.717) is 13.2 Å². The highest BCUT2D eigenvalue weighted by Gasteiger charge is 2.17. The van der Waals surface area contributed by atoms with Gasteiger partial charge in [0.05, 0.1) is 19.3 Å². The van der Waals surface area contributed by atoms with Crippen molar-refractivity contribution < 1.29 is 19.3 Å². The number of aliphatic hydroxyl groups excluding tert-OH is 1. The maximum absolute atomic E-state index is 9.13. The molecule has 1 aliphatic heterocycles. The van der Waals surface area contributed by atoms with E-state index < -0.39 is 0 Å². The molecule has 0 spiro atoms. The van der Waals surface area contributed by atoms with Crippen LogP contribution in [0.2, 0.25) is 0 Å². The average Bonchev–Trinajstić information content (AvgIpc) is 2.83. The van der Waals surface area contributed by atoms with Crippen LogP contribution in [-0.2, 0) is 11.3 Å². The Bertz CT molecular complexity index is 370. The molecule has 1 heterocycles. The number of hydrogen-bond acceptors (Lipinski definition) is 5. The molecule has 2 rings (SSSR count). The molecular weight excluding hydrogens is 222 g/mol. The third-order valence-corrected chi connectivity index (χ3v) is 2.65. The van der Waals surface area contributed by atoms with Crippen molar-refractivity contribution in [2.75, 3.05) is 27.1 Å². The first-order valence-electron chi connectivity index (χ1n) is 5.56. The molecule has 0 radical (unpaired) electrons. The summed E-state index contributed by atoms with van der Waals surface area (Å²) in [4.78, 5) is 0. The number of fused-ring (bicyclic) bond motifs is 1. The van der Waals surface area contributed by atoms with Crippen molar-refractivity contribution in [3.05, 3.63) is 23.8 Å². The third-order valence-electron chi connectivity index (χ3n) is 2.65. The highest BCUT2D eigenvalue weighted by atomic mass is 16.7. The van der Waals surface area contributed by atoms with Gasteiger partial charge >= 0.3 is 0 Å². The standard InChI is InChI=1S/C12H17NO4/c1-15-7-10(6-14)13-5-9-3-2-4-11-12(9)17-8-16-11/h2-4,10,13-14H,5-8H2,1H3. The summed E-state index contributed by atoms with van der Waals surface area (Å²) >= 11 is 0. The van der Waals surface area contributed by atoms with Crippen LogP contribution in [0.4, 0.5) is 0 Å². The van der Waals surface area contributed by atoms with Gasteiger partial charge in [-0.1, -0.05) is 12.1 Å². The fourth-order valence-corrected chi connectivity index (χ4v) is 1.76. The average molecular weight is 239 g/mol. The molecule has 2 N–H and O–H groups in total. The molecular formula is C12H17NO4. The molecule has 1 atom stereocenters. The fourth-order valence-electron chi connectivity index (χ4n) is 1.76. The molecule has 0 fully saturated rings. The number of methoxy groups -OCH3 is 1. The third kappa shape index (κ3) is 2.88. The van der Waals surface area contributed by atoms with Gasteiger partial charge in [-0.25, -0.2) is 0 Å². The minimum absolute atomic E-state index is 0.0419. The van der Waals surface area contributed by atoms with Crippen LogP contribution < -0.4 is 14.8 Å². The van der Waals surface area contributed by atoms with Crippen molar-refractivity contribution in [1.82, 2.24) is 5.32 Å². The predicted octanol–water partition coefficient (Wildman–Crippen LogP) is 0.512. The molecule has 1 aromatic rings. The number of aliphatic hydroxyl groups is 1. The lowest BCUT2D eigenvalue weighted by molar-refractivity contribution is 0.127. The predicted molar refractivity (Wildman–Crippen MR) is 62.2 cm³/mol. The van der Waals surface area contributed by atoms with Crippen LogP contribution in [0.15, 0.2) is 18.2 Å². The molecule has 1 aromatic carbocycles. The zero-order valence-electron chi connectivity index (χ0n) is 9.81. The first-order chi connectivity index (χ1) is 8.35. The number of para-hydroxylation sites is 1. The lowest BCUT2D eigenvalue weighted by Gasteiger charge is -2.15. The molecule has 0 saturated heterocycles. The Balaban J connectivity index is 1.97. The van der Waals surface area contributed by atoms with E-state index in [4.69, 9.17) is 19.3 Å². The van der Waals surface area contributed by atoms with E-state index in [0.717, 1.165) is 17.1 Å². The number of ether oxygens (including phenoxy) is 3. The molecule has 17 heavy (non-hydrogen) atoms. The Labute approximate surface area is 100 Å². The van der Waals surface area contributed by atoms with Gasteiger partial charge in [0.1, 0.15) is 0 Å². The van der Waals surface area contributed by atoms with Crippen molar-refractivity contribution >= 4 is 0 Å². The maximum atomic E-state index is 9.13. The van der Waals surface area contributed by atoms with Crippen molar-refractivity contribution in [2.24, 2.45) is 0 Å². The van der Waals surface area contributed by atoms with E-state index in [2.05, 4.69) is 5.32 Å². The minimum Gasteiger partial charge on any atom is -0.454 e. The molecule has 5 heteroatoms. The van der Waals surface area contributed by atoms with Crippen LogP contribution in [-0.4, -0.2) is 38.3 Å². The van der Waals surface area contributed by atoms with Crippen LogP contribution in [0.1, 0.15) is 5.56 Å². The van der Waals surface area contributed by atoms with Crippen LogP contribution >= 0.6 is 0 Å². The van der Waals surface area contributed by atoms with E-state index in [-0.39, 0.29) is 19.4 Å².